The number of hydrogen-bond acceptors (Lipinski definition) is 5. The van der Waals surface area contributed by atoms with E-state index >= 15 is 0 Å². The van der Waals surface area contributed by atoms with Gasteiger partial charge in [-0.3, -0.25) is 4.79 Å². The van der Waals surface area contributed by atoms with E-state index in [-0.39, 0.29) is 35.5 Å². The van der Waals surface area contributed by atoms with Gasteiger partial charge in [0.2, 0.25) is 5.91 Å². The van der Waals surface area contributed by atoms with Gasteiger partial charge in [0.1, 0.15) is 0 Å². The zero-order valence-corrected chi connectivity index (χ0v) is 24.5. The number of anilines is 1. The smallest absolute Gasteiger partial charge is 0.377 e. The van der Waals surface area contributed by atoms with Crippen LogP contribution in [-0.2, 0) is 20.6 Å². The molecule has 2 heterocycles. The van der Waals surface area contributed by atoms with Crippen molar-refractivity contribution < 1.29 is 31.6 Å². The predicted octanol–water partition coefficient (Wildman–Crippen LogP) is 7.68. The van der Waals surface area contributed by atoms with E-state index in [0.717, 1.165) is 61.8 Å². The van der Waals surface area contributed by atoms with Crippen molar-refractivity contribution in [1.29, 1.82) is 0 Å². The Balaban J connectivity index is 1.25. The Labute approximate surface area is 243 Å². The molecule has 2 bridgehead atoms. The van der Waals surface area contributed by atoms with Crippen LogP contribution in [0.4, 0.5) is 23.2 Å². The molecule has 0 unspecified atom stereocenters. The molecule has 42 heavy (non-hydrogen) atoms. The molecule has 0 radical (unpaired) electrons. The number of alkyl halides is 4. The number of halogens is 4. The van der Waals surface area contributed by atoms with Gasteiger partial charge in [-0.25, -0.2) is 4.39 Å². The van der Waals surface area contributed by atoms with Gasteiger partial charge >= 0.3 is 6.18 Å². The molecule has 1 aliphatic heterocycles. The van der Waals surface area contributed by atoms with Crippen LogP contribution in [-0.4, -0.2) is 42.0 Å². The third-order valence-corrected chi connectivity index (χ3v) is 10.5. The molecule has 228 valence electrons. The largest absolute Gasteiger partial charge is 0.394 e. The summed E-state index contributed by atoms with van der Waals surface area (Å²) < 4.78 is 66.2. The van der Waals surface area contributed by atoms with Gasteiger partial charge in [-0.2, -0.15) is 18.2 Å². The summed E-state index contributed by atoms with van der Waals surface area (Å²) >= 11 is 0. The van der Waals surface area contributed by atoms with Gasteiger partial charge in [-0.15, -0.1) is 0 Å². The van der Waals surface area contributed by atoms with E-state index in [4.69, 9.17) is 9.26 Å². The molecule has 4 aliphatic carbocycles. The molecule has 1 amide bonds. The molecule has 0 saturated heterocycles. The molecule has 7 rings (SSSR count). The van der Waals surface area contributed by atoms with Crippen LogP contribution in [0.1, 0.15) is 95.8 Å². The minimum absolute atomic E-state index is 0.0167. The first-order valence-electron chi connectivity index (χ1n) is 15.0. The number of nitrogens with zero attached hydrogens (tertiary/aromatic N) is 3. The highest BCUT2D eigenvalue weighted by atomic mass is 19.4. The van der Waals surface area contributed by atoms with Gasteiger partial charge in [0.05, 0.1) is 18.6 Å². The summed E-state index contributed by atoms with van der Waals surface area (Å²) in [6.07, 6.45) is 2.98. The van der Waals surface area contributed by atoms with Gasteiger partial charge < -0.3 is 14.2 Å². The Morgan fingerprint density at radius 3 is 2.33 bits per heavy atom. The molecule has 10 heteroatoms. The molecular formula is C32H39F4N3O3. The summed E-state index contributed by atoms with van der Waals surface area (Å²) in [6, 6.07) is 7.84. The zero-order chi connectivity index (χ0) is 30.0. The quantitative estimate of drug-likeness (QED) is 0.310. The van der Waals surface area contributed by atoms with Crippen LogP contribution in [0.5, 0.6) is 0 Å². The summed E-state index contributed by atoms with van der Waals surface area (Å²) in [6.45, 7) is 5.64. The third kappa shape index (κ3) is 5.18. The Morgan fingerprint density at radius 2 is 1.76 bits per heavy atom. The van der Waals surface area contributed by atoms with Crippen LogP contribution < -0.4 is 4.90 Å². The molecule has 2 aromatic rings. The summed E-state index contributed by atoms with van der Waals surface area (Å²) in [5, 5.41) is 4.17. The predicted molar refractivity (Wildman–Crippen MR) is 149 cm³/mol. The normalized spacial score (nSPS) is 31.4. The second kappa shape index (κ2) is 10.2. The van der Waals surface area contributed by atoms with E-state index in [0.29, 0.717) is 25.6 Å². The van der Waals surface area contributed by atoms with Crippen molar-refractivity contribution in [3.05, 3.63) is 47.6 Å². The third-order valence-electron chi connectivity index (χ3n) is 10.5. The van der Waals surface area contributed by atoms with Crippen LogP contribution in [0.3, 0.4) is 0 Å². The number of rotatable bonds is 7. The Morgan fingerprint density at radius 1 is 1.07 bits per heavy atom. The molecule has 5 aliphatic rings. The molecule has 1 aromatic heterocycles. The number of amides is 1. The fourth-order valence-corrected chi connectivity index (χ4v) is 7.47. The average Bonchev–Trinajstić information content (AvgIpc) is 3.47. The Hall–Kier alpha value is -2.75. The van der Waals surface area contributed by atoms with Crippen molar-refractivity contribution in [2.45, 2.75) is 95.8 Å². The maximum absolute atomic E-state index is 14.4. The number of carbonyl (C=O) groups is 1. The van der Waals surface area contributed by atoms with Gasteiger partial charge in [0.15, 0.2) is 11.5 Å². The molecule has 4 fully saturated rings. The molecular weight excluding hydrogens is 550 g/mol. The molecule has 0 N–H and O–H groups in total. The number of aromatic nitrogens is 2. The Bertz CT molecular complexity index is 1340. The van der Waals surface area contributed by atoms with E-state index in [1.54, 1.807) is 4.90 Å². The van der Waals surface area contributed by atoms with E-state index in [9.17, 15) is 22.4 Å². The first kappa shape index (κ1) is 29.3. The number of ether oxygens (including phenoxy) is 1. The first-order valence-corrected chi connectivity index (χ1v) is 15.0. The van der Waals surface area contributed by atoms with Crippen molar-refractivity contribution in [3.8, 4) is 0 Å². The van der Waals surface area contributed by atoms with Gasteiger partial charge in [0.25, 0.3) is 5.89 Å². The van der Waals surface area contributed by atoms with Crippen LogP contribution in [0.15, 0.2) is 34.9 Å². The van der Waals surface area contributed by atoms with Crippen molar-refractivity contribution >= 4 is 17.2 Å². The SMILES string of the molecule is CC(C)(F)c1nc(C23CCC(CN(c4cccc(C5=CCOCC5)c4)C(=O)[C@H]4C[C@](C)(C(F)(F)F)C4)(CC2)CC3)no1. The summed E-state index contributed by atoms with van der Waals surface area (Å²) in [4.78, 5) is 20.2. The van der Waals surface area contributed by atoms with Crippen LogP contribution in [0.2, 0.25) is 0 Å². The number of benzene rings is 1. The van der Waals surface area contributed by atoms with Crippen molar-refractivity contribution in [1.82, 2.24) is 10.1 Å². The molecule has 0 spiro atoms. The highest BCUT2D eigenvalue weighted by Crippen LogP contribution is 2.59. The van der Waals surface area contributed by atoms with Crippen LogP contribution in [0, 0.1) is 16.7 Å². The number of fused-ring (bicyclic) bond motifs is 3. The van der Waals surface area contributed by atoms with Crippen molar-refractivity contribution in [2.75, 3.05) is 24.7 Å². The second-order valence-electron chi connectivity index (χ2n) is 13.9. The molecule has 6 nitrogen and oxygen atoms in total. The maximum atomic E-state index is 14.4. The lowest BCUT2D eigenvalue weighted by atomic mass is 9.53. The monoisotopic (exact) mass is 589 g/mol. The maximum Gasteiger partial charge on any atom is 0.394 e. The fourth-order valence-electron chi connectivity index (χ4n) is 7.47. The highest BCUT2D eigenvalue weighted by Gasteiger charge is 2.61. The molecule has 1 aromatic carbocycles. The van der Waals surface area contributed by atoms with Crippen LogP contribution in [0.25, 0.3) is 5.57 Å². The van der Waals surface area contributed by atoms with E-state index in [1.165, 1.54) is 20.8 Å². The highest BCUT2D eigenvalue weighted by molar-refractivity contribution is 5.96. The second-order valence-corrected chi connectivity index (χ2v) is 13.9. The molecule has 0 atom stereocenters. The lowest BCUT2D eigenvalue weighted by Gasteiger charge is -2.54. The summed E-state index contributed by atoms with van der Waals surface area (Å²) in [7, 11) is 0. The number of hydrogen-bond donors (Lipinski definition) is 0. The summed E-state index contributed by atoms with van der Waals surface area (Å²) in [5.74, 6) is -0.341. The first-order chi connectivity index (χ1) is 19.7. The van der Waals surface area contributed by atoms with E-state index in [2.05, 4.69) is 10.1 Å². The minimum atomic E-state index is -4.33. The van der Waals surface area contributed by atoms with Gasteiger partial charge in [-0.1, -0.05) is 30.3 Å². The number of carbonyl (C=O) groups excluding carboxylic acids is 1. The Kier molecular flexibility index (Phi) is 7.10. The molecule has 4 saturated carbocycles. The van der Waals surface area contributed by atoms with Crippen molar-refractivity contribution in [2.24, 2.45) is 16.7 Å². The van der Waals surface area contributed by atoms with Gasteiger partial charge in [0, 0.05) is 23.6 Å². The topological polar surface area (TPSA) is 68.5 Å². The van der Waals surface area contributed by atoms with Crippen molar-refractivity contribution in [3.63, 3.8) is 0 Å². The van der Waals surface area contributed by atoms with Gasteiger partial charge in [-0.05, 0) is 100 Å². The lowest BCUT2D eigenvalue weighted by Crippen LogP contribution is -2.55. The average molecular weight is 590 g/mol. The lowest BCUT2D eigenvalue weighted by molar-refractivity contribution is -0.253. The zero-order valence-electron chi connectivity index (χ0n) is 24.5. The standard InChI is InChI=1S/C32H39F4N3O3/c1-28(2,33)27-37-26(38-42-27)31-12-9-30(10-13-31,11-14-31)20-39(25(40)23-18-29(3,19-23)32(34,35)36)24-6-4-5-22(17-24)21-7-15-41-16-8-21/h4-7,17,23H,8-16,18-20H2,1-3H3/t23-,29-,30?,31?. The summed E-state index contributed by atoms with van der Waals surface area (Å²) in [5.41, 5.74) is -1.08. The van der Waals surface area contributed by atoms with E-state index in [1.807, 2.05) is 30.3 Å². The minimum Gasteiger partial charge on any atom is -0.377 e. The fraction of sp³-hybridized carbons (Fsp3) is 0.656. The van der Waals surface area contributed by atoms with E-state index < -0.39 is 23.2 Å². The van der Waals surface area contributed by atoms with Crippen LogP contribution >= 0.6 is 0 Å².